The summed E-state index contributed by atoms with van der Waals surface area (Å²) in [6, 6.07) is 0. The van der Waals surface area contributed by atoms with Gasteiger partial charge in [0.1, 0.15) is 0 Å². The summed E-state index contributed by atoms with van der Waals surface area (Å²) in [4.78, 5) is 2.04. The van der Waals surface area contributed by atoms with E-state index in [-0.39, 0.29) is 11.3 Å². The first-order valence-corrected chi connectivity index (χ1v) is 9.90. The summed E-state index contributed by atoms with van der Waals surface area (Å²) in [7, 11) is 3.98. The van der Waals surface area contributed by atoms with E-state index in [0.717, 1.165) is 12.3 Å². The van der Waals surface area contributed by atoms with Crippen LogP contribution >= 0.6 is 18.0 Å². The van der Waals surface area contributed by atoms with Crippen molar-refractivity contribution in [3.8, 4) is 0 Å². The molecule has 0 radical (unpaired) electrons. The highest BCUT2D eigenvalue weighted by Crippen LogP contribution is 2.67. The van der Waals surface area contributed by atoms with Gasteiger partial charge in [-0.1, -0.05) is 32.2 Å². The molecule has 110 valence electrons. The molecule has 0 spiro atoms. The average molecular weight is 295 g/mol. The van der Waals surface area contributed by atoms with E-state index in [1.54, 1.807) is 0 Å². The van der Waals surface area contributed by atoms with Gasteiger partial charge in [0.2, 0.25) is 0 Å². The van der Waals surface area contributed by atoms with E-state index in [1.165, 1.54) is 11.4 Å². The van der Waals surface area contributed by atoms with Crippen LogP contribution in [0, 0.1) is 5.92 Å². The van der Waals surface area contributed by atoms with Crippen molar-refractivity contribution in [2.75, 3.05) is 20.0 Å². The standard InChI is InChI=1S/C13H30NO2PS/c1-9-12(11(2)3)17(15,16-13(4,5)6)18-10-14(7)8/h11-12H,9-10H2,1-8H3. The molecule has 5 heteroatoms. The molecule has 0 aromatic carbocycles. The topological polar surface area (TPSA) is 29.5 Å². The minimum atomic E-state index is -2.69. The first-order valence-electron chi connectivity index (χ1n) is 6.61. The Morgan fingerprint density at radius 3 is 2.06 bits per heavy atom. The molecule has 0 saturated carbocycles. The third kappa shape index (κ3) is 6.60. The van der Waals surface area contributed by atoms with Gasteiger partial charge < -0.3 is 4.52 Å². The third-order valence-corrected chi connectivity index (χ3v) is 8.52. The molecule has 0 bridgehead atoms. The molecular formula is C13H30NO2PS. The van der Waals surface area contributed by atoms with Crippen molar-refractivity contribution in [2.45, 2.75) is 59.2 Å². The summed E-state index contributed by atoms with van der Waals surface area (Å²) >= 11 is 1.48. The molecule has 18 heavy (non-hydrogen) atoms. The number of hydrogen-bond acceptors (Lipinski definition) is 4. The van der Waals surface area contributed by atoms with Crippen molar-refractivity contribution in [1.82, 2.24) is 4.90 Å². The molecule has 0 heterocycles. The van der Waals surface area contributed by atoms with Gasteiger partial charge in [-0.05, 0) is 47.2 Å². The third-order valence-electron chi connectivity index (χ3n) is 2.49. The van der Waals surface area contributed by atoms with Crippen molar-refractivity contribution < 1.29 is 9.09 Å². The van der Waals surface area contributed by atoms with E-state index in [0.29, 0.717) is 5.92 Å². The number of hydrogen-bond donors (Lipinski definition) is 0. The van der Waals surface area contributed by atoms with Crippen molar-refractivity contribution in [3.05, 3.63) is 0 Å². The predicted octanol–water partition coefficient (Wildman–Crippen LogP) is 4.68. The zero-order valence-corrected chi connectivity index (χ0v) is 14.9. The van der Waals surface area contributed by atoms with Crippen molar-refractivity contribution in [2.24, 2.45) is 5.92 Å². The van der Waals surface area contributed by atoms with Gasteiger partial charge in [-0.3, -0.25) is 9.46 Å². The molecule has 0 saturated heterocycles. The summed E-state index contributed by atoms with van der Waals surface area (Å²) in [5.41, 5.74) is -0.237. The first-order chi connectivity index (χ1) is 8.02. The molecule has 0 aliphatic carbocycles. The van der Waals surface area contributed by atoms with Gasteiger partial charge in [0.05, 0.1) is 11.5 Å². The van der Waals surface area contributed by atoms with Gasteiger partial charge in [0, 0.05) is 5.66 Å². The molecule has 3 nitrogen and oxygen atoms in total. The Morgan fingerprint density at radius 1 is 1.28 bits per heavy atom. The SMILES string of the molecule is CCC(C(C)C)P(=O)(OC(C)(C)C)SCN(C)C. The van der Waals surface area contributed by atoms with Gasteiger partial charge in [-0.2, -0.15) is 0 Å². The monoisotopic (exact) mass is 295 g/mol. The highest BCUT2D eigenvalue weighted by atomic mass is 32.7. The normalized spacial score (nSPS) is 18.1. The molecular weight excluding hydrogens is 265 g/mol. The van der Waals surface area contributed by atoms with E-state index >= 15 is 0 Å². The Kier molecular flexibility index (Phi) is 7.53. The van der Waals surface area contributed by atoms with Crippen LogP contribution in [-0.2, 0) is 9.09 Å². The second kappa shape index (κ2) is 7.33. The minimum absolute atomic E-state index is 0.127. The van der Waals surface area contributed by atoms with Gasteiger partial charge >= 0.3 is 0 Å². The van der Waals surface area contributed by atoms with Crippen molar-refractivity contribution in [3.63, 3.8) is 0 Å². The fourth-order valence-electron chi connectivity index (χ4n) is 1.83. The lowest BCUT2D eigenvalue weighted by Gasteiger charge is -2.34. The molecule has 2 unspecified atom stereocenters. The lowest BCUT2D eigenvalue weighted by Crippen LogP contribution is -2.24. The summed E-state index contributed by atoms with van der Waals surface area (Å²) in [6.45, 7) is 9.59. The van der Waals surface area contributed by atoms with Crippen molar-refractivity contribution in [1.29, 1.82) is 0 Å². The average Bonchev–Trinajstić information content (AvgIpc) is 2.12. The minimum Gasteiger partial charge on any atom is -0.315 e. The summed E-state index contributed by atoms with van der Waals surface area (Å²) in [5, 5.41) is 0. The Balaban J connectivity index is 5.06. The molecule has 0 aromatic rings. The van der Waals surface area contributed by atoms with Crippen LogP contribution in [0.15, 0.2) is 0 Å². The van der Waals surface area contributed by atoms with Gasteiger partial charge in [0.25, 0.3) is 6.57 Å². The predicted molar refractivity (Wildman–Crippen MR) is 83.5 cm³/mol. The Morgan fingerprint density at radius 2 is 1.78 bits per heavy atom. The van der Waals surface area contributed by atoms with Gasteiger partial charge in [0.15, 0.2) is 0 Å². The maximum atomic E-state index is 13.2. The Hall–Kier alpha value is 0.500. The molecule has 0 N–H and O–H groups in total. The van der Waals surface area contributed by atoms with Crippen LogP contribution in [0.4, 0.5) is 0 Å². The highest BCUT2D eigenvalue weighted by Gasteiger charge is 2.39. The second-order valence-electron chi connectivity index (χ2n) is 6.30. The summed E-state index contributed by atoms with van der Waals surface area (Å²) in [6.07, 6.45) is 0.894. The highest BCUT2D eigenvalue weighted by molar-refractivity contribution is 8.56. The molecule has 0 aromatic heterocycles. The summed E-state index contributed by atoms with van der Waals surface area (Å²) in [5.74, 6) is 1.11. The van der Waals surface area contributed by atoms with Crippen LogP contribution in [0.5, 0.6) is 0 Å². The smallest absolute Gasteiger partial charge is 0.262 e. The van der Waals surface area contributed by atoms with Crippen LogP contribution in [-0.4, -0.2) is 36.1 Å². The Labute approximate surface area is 117 Å². The fourth-order valence-corrected chi connectivity index (χ4v) is 8.30. The van der Waals surface area contributed by atoms with Crippen LogP contribution < -0.4 is 0 Å². The van der Waals surface area contributed by atoms with E-state index in [1.807, 2.05) is 39.8 Å². The zero-order chi connectivity index (χ0) is 14.6. The van der Waals surface area contributed by atoms with E-state index < -0.39 is 6.57 Å². The quantitative estimate of drug-likeness (QED) is 0.504. The first kappa shape index (κ1) is 18.5. The molecule has 0 fully saturated rings. The van der Waals surface area contributed by atoms with Crippen LogP contribution in [0.3, 0.4) is 0 Å². The van der Waals surface area contributed by atoms with Gasteiger partial charge in [-0.15, -0.1) is 0 Å². The Bertz CT molecular complexity index is 287. The molecule has 0 aliphatic rings. The van der Waals surface area contributed by atoms with Crippen LogP contribution in [0.25, 0.3) is 0 Å². The molecule has 0 amide bonds. The fraction of sp³-hybridized carbons (Fsp3) is 1.00. The number of nitrogens with zero attached hydrogens (tertiary/aromatic N) is 1. The second-order valence-corrected chi connectivity index (χ2v) is 11.0. The van der Waals surface area contributed by atoms with E-state index in [4.69, 9.17) is 4.52 Å². The van der Waals surface area contributed by atoms with Crippen LogP contribution in [0.2, 0.25) is 0 Å². The van der Waals surface area contributed by atoms with Crippen molar-refractivity contribution >= 4 is 18.0 Å². The lowest BCUT2D eigenvalue weighted by atomic mass is 10.1. The largest absolute Gasteiger partial charge is 0.315 e. The maximum absolute atomic E-state index is 13.2. The maximum Gasteiger partial charge on any atom is 0.262 e. The zero-order valence-electron chi connectivity index (χ0n) is 13.2. The molecule has 2 atom stereocenters. The van der Waals surface area contributed by atoms with E-state index in [2.05, 4.69) is 20.8 Å². The van der Waals surface area contributed by atoms with Crippen LogP contribution in [0.1, 0.15) is 48.0 Å². The number of rotatable bonds is 7. The molecule has 0 rings (SSSR count). The summed E-state index contributed by atoms with van der Waals surface area (Å²) < 4.78 is 19.2. The van der Waals surface area contributed by atoms with Gasteiger partial charge in [-0.25, -0.2) is 0 Å². The lowest BCUT2D eigenvalue weighted by molar-refractivity contribution is 0.136. The molecule has 0 aliphatic heterocycles. The van der Waals surface area contributed by atoms with E-state index in [9.17, 15) is 4.57 Å².